The zero-order valence-corrected chi connectivity index (χ0v) is 12.3. The molecule has 0 atom stereocenters. The van der Waals surface area contributed by atoms with Gasteiger partial charge in [-0.1, -0.05) is 26.0 Å². The lowest BCUT2D eigenvalue weighted by molar-refractivity contribution is -0.121. The van der Waals surface area contributed by atoms with Crippen molar-refractivity contribution in [2.45, 2.75) is 26.8 Å². The SMILES string of the molecule is CNC(=O)CCOc1c(F)cccc1CNCC(C)C. The summed E-state index contributed by atoms with van der Waals surface area (Å²) in [5.41, 5.74) is 0.766. The van der Waals surface area contributed by atoms with Gasteiger partial charge in [0, 0.05) is 19.2 Å². The maximum absolute atomic E-state index is 13.8. The van der Waals surface area contributed by atoms with E-state index in [0.717, 1.165) is 12.1 Å². The molecule has 20 heavy (non-hydrogen) atoms. The van der Waals surface area contributed by atoms with Gasteiger partial charge in [-0.3, -0.25) is 4.79 Å². The van der Waals surface area contributed by atoms with Gasteiger partial charge >= 0.3 is 0 Å². The first kappa shape index (κ1) is 16.4. The number of rotatable bonds is 8. The molecule has 1 rings (SSSR count). The summed E-state index contributed by atoms with van der Waals surface area (Å²) < 4.78 is 19.2. The summed E-state index contributed by atoms with van der Waals surface area (Å²) in [5.74, 6) is 0.236. The molecule has 0 bridgehead atoms. The van der Waals surface area contributed by atoms with E-state index in [2.05, 4.69) is 24.5 Å². The second-order valence-electron chi connectivity index (χ2n) is 5.02. The number of halogens is 1. The lowest BCUT2D eigenvalue weighted by Crippen LogP contribution is -2.21. The quantitative estimate of drug-likeness (QED) is 0.767. The van der Waals surface area contributed by atoms with Crippen molar-refractivity contribution in [2.75, 3.05) is 20.2 Å². The average molecular weight is 282 g/mol. The van der Waals surface area contributed by atoms with E-state index in [1.807, 2.05) is 6.07 Å². The molecule has 1 amide bonds. The van der Waals surface area contributed by atoms with Crippen molar-refractivity contribution in [3.63, 3.8) is 0 Å². The van der Waals surface area contributed by atoms with Crippen molar-refractivity contribution in [3.05, 3.63) is 29.6 Å². The largest absolute Gasteiger partial charge is 0.490 e. The average Bonchev–Trinajstić information content (AvgIpc) is 2.41. The van der Waals surface area contributed by atoms with Crippen LogP contribution in [0.2, 0.25) is 0 Å². The van der Waals surface area contributed by atoms with E-state index in [4.69, 9.17) is 4.74 Å². The molecular weight excluding hydrogens is 259 g/mol. The van der Waals surface area contributed by atoms with Gasteiger partial charge in [-0.25, -0.2) is 4.39 Å². The highest BCUT2D eigenvalue weighted by Gasteiger charge is 2.10. The van der Waals surface area contributed by atoms with Crippen LogP contribution in [0.4, 0.5) is 4.39 Å². The Bertz CT molecular complexity index is 436. The second-order valence-corrected chi connectivity index (χ2v) is 5.02. The number of ether oxygens (including phenoxy) is 1. The summed E-state index contributed by atoms with van der Waals surface area (Å²) in [6.45, 7) is 5.79. The third-order valence-electron chi connectivity index (χ3n) is 2.77. The summed E-state index contributed by atoms with van der Waals surface area (Å²) in [6.07, 6.45) is 0.212. The summed E-state index contributed by atoms with van der Waals surface area (Å²) in [6, 6.07) is 4.85. The van der Waals surface area contributed by atoms with Crippen LogP contribution in [0, 0.1) is 11.7 Å². The first-order valence-corrected chi connectivity index (χ1v) is 6.86. The molecule has 0 aliphatic carbocycles. The molecule has 0 aromatic heterocycles. The predicted octanol–water partition coefficient (Wildman–Crippen LogP) is 2.09. The van der Waals surface area contributed by atoms with Crippen LogP contribution in [0.15, 0.2) is 18.2 Å². The number of carbonyl (C=O) groups excluding carboxylic acids is 1. The van der Waals surface area contributed by atoms with E-state index in [0.29, 0.717) is 12.5 Å². The highest BCUT2D eigenvalue weighted by atomic mass is 19.1. The summed E-state index contributed by atoms with van der Waals surface area (Å²) in [7, 11) is 1.56. The Hall–Kier alpha value is -1.62. The summed E-state index contributed by atoms with van der Waals surface area (Å²) >= 11 is 0. The van der Waals surface area contributed by atoms with Crippen molar-refractivity contribution in [1.29, 1.82) is 0 Å². The molecule has 0 spiro atoms. The molecule has 1 aromatic carbocycles. The standard InChI is InChI=1S/C15H23FN2O2/c1-11(2)9-18-10-12-5-4-6-13(16)15(12)20-8-7-14(19)17-3/h4-6,11,18H,7-10H2,1-3H3,(H,17,19). The first-order valence-electron chi connectivity index (χ1n) is 6.86. The lowest BCUT2D eigenvalue weighted by Gasteiger charge is -2.13. The monoisotopic (exact) mass is 282 g/mol. The predicted molar refractivity (Wildman–Crippen MR) is 77.1 cm³/mol. The number of carbonyl (C=O) groups is 1. The third kappa shape index (κ3) is 5.57. The van der Waals surface area contributed by atoms with Crippen molar-refractivity contribution < 1.29 is 13.9 Å². The van der Waals surface area contributed by atoms with Gasteiger partial charge in [-0.05, 0) is 18.5 Å². The van der Waals surface area contributed by atoms with Gasteiger partial charge in [-0.15, -0.1) is 0 Å². The minimum atomic E-state index is -0.397. The number of para-hydroxylation sites is 1. The van der Waals surface area contributed by atoms with Gasteiger partial charge in [0.2, 0.25) is 5.91 Å². The van der Waals surface area contributed by atoms with Crippen molar-refractivity contribution >= 4 is 5.91 Å². The van der Waals surface area contributed by atoms with Crippen LogP contribution in [0.25, 0.3) is 0 Å². The fourth-order valence-electron chi connectivity index (χ4n) is 1.72. The molecule has 5 heteroatoms. The van der Waals surface area contributed by atoms with Gasteiger partial charge in [0.15, 0.2) is 11.6 Å². The minimum absolute atomic E-state index is 0.124. The highest BCUT2D eigenvalue weighted by molar-refractivity contribution is 5.75. The zero-order chi connectivity index (χ0) is 15.0. The van der Waals surface area contributed by atoms with Crippen molar-refractivity contribution in [1.82, 2.24) is 10.6 Å². The number of nitrogens with one attached hydrogen (secondary N) is 2. The third-order valence-corrected chi connectivity index (χ3v) is 2.77. The van der Waals surface area contributed by atoms with E-state index in [9.17, 15) is 9.18 Å². The minimum Gasteiger partial charge on any atom is -0.490 e. The molecule has 0 fully saturated rings. The van der Waals surface area contributed by atoms with E-state index in [1.54, 1.807) is 13.1 Å². The van der Waals surface area contributed by atoms with Gasteiger partial charge in [0.25, 0.3) is 0 Å². The molecule has 0 aliphatic heterocycles. The Balaban J connectivity index is 2.60. The van der Waals surface area contributed by atoms with Gasteiger partial charge in [0.1, 0.15) is 0 Å². The van der Waals surface area contributed by atoms with Crippen LogP contribution in [0.1, 0.15) is 25.8 Å². The number of hydrogen-bond donors (Lipinski definition) is 2. The Morgan fingerprint density at radius 2 is 2.15 bits per heavy atom. The van der Waals surface area contributed by atoms with E-state index >= 15 is 0 Å². The molecule has 4 nitrogen and oxygen atoms in total. The van der Waals surface area contributed by atoms with E-state index < -0.39 is 5.82 Å². The van der Waals surface area contributed by atoms with Crippen LogP contribution in [-0.2, 0) is 11.3 Å². The number of hydrogen-bond acceptors (Lipinski definition) is 3. The molecule has 0 heterocycles. The molecule has 1 aromatic rings. The fourth-order valence-corrected chi connectivity index (χ4v) is 1.72. The maximum Gasteiger partial charge on any atom is 0.223 e. The Labute approximate surface area is 119 Å². The molecule has 0 saturated heterocycles. The zero-order valence-electron chi connectivity index (χ0n) is 12.3. The van der Waals surface area contributed by atoms with Crippen molar-refractivity contribution in [3.8, 4) is 5.75 Å². The van der Waals surface area contributed by atoms with E-state index in [1.165, 1.54) is 6.07 Å². The maximum atomic E-state index is 13.8. The lowest BCUT2D eigenvalue weighted by atomic mass is 10.1. The molecule has 0 unspecified atom stereocenters. The smallest absolute Gasteiger partial charge is 0.223 e. The highest BCUT2D eigenvalue weighted by Crippen LogP contribution is 2.22. The summed E-state index contributed by atoms with van der Waals surface area (Å²) in [4.78, 5) is 11.1. The second kappa shape index (κ2) is 8.53. The molecule has 0 saturated carbocycles. The van der Waals surface area contributed by atoms with E-state index in [-0.39, 0.29) is 24.7 Å². The van der Waals surface area contributed by atoms with Gasteiger partial charge in [0.05, 0.1) is 13.0 Å². The molecular formula is C15H23FN2O2. The van der Waals surface area contributed by atoms with Gasteiger partial charge in [-0.2, -0.15) is 0 Å². The topological polar surface area (TPSA) is 50.4 Å². The fraction of sp³-hybridized carbons (Fsp3) is 0.533. The summed E-state index contributed by atoms with van der Waals surface area (Å²) in [5, 5.41) is 5.76. The first-order chi connectivity index (χ1) is 9.54. The van der Waals surface area contributed by atoms with Crippen LogP contribution >= 0.6 is 0 Å². The molecule has 2 N–H and O–H groups in total. The molecule has 0 radical (unpaired) electrons. The number of amides is 1. The Kier molecular flexibility index (Phi) is 7.01. The number of benzene rings is 1. The van der Waals surface area contributed by atoms with Crippen LogP contribution in [-0.4, -0.2) is 26.1 Å². The molecule has 0 aliphatic rings. The van der Waals surface area contributed by atoms with Crippen LogP contribution in [0.3, 0.4) is 0 Å². The van der Waals surface area contributed by atoms with Crippen LogP contribution in [0.5, 0.6) is 5.75 Å². The van der Waals surface area contributed by atoms with Gasteiger partial charge < -0.3 is 15.4 Å². The normalized spacial score (nSPS) is 10.7. The van der Waals surface area contributed by atoms with Crippen molar-refractivity contribution in [2.24, 2.45) is 5.92 Å². The Morgan fingerprint density at radius 3 is 2.80 bits per heavy atom. The van der Waals surface area contributed by atoms with Crippen LogP contribution < -0.4 is 15.4 Å². The molecule has 112 valence electrons. The Morgan fingerprint density at radius 1 is 1.40 bits per heavy atom.